The van der Waals surface area contributed by atoms with E-state index in [9.17, 15) is 4.79 Å². The zero-order chi connectivity index (χ0) is 13.1. The molecule has 0 saturated heterocycles. The van der Waals surface area contributed by atoms with Crippen LogP contribution in [0.1, 0.15) is 16.3 Å². The van der Waals surface area contributed by atoms with E-state index in [2.05, 4.69) is 15.0 Å². The molecule has 2 heterocycles. The van der Waals surface area contributed by atoms with Gasteiger partial charge in [-0.3, -0.25) is 0 Å². The summed E-state index contributed by atoms with van der Waals surface area (Å²) >= 11 is 0. The second kappa shape index (κ2) is 5.14. The molecule has 0 N–H and O–H groups in total. The molecule has 0 unspecified atom stereocenters. The van der Waals surface area contributed by atoms with Gasteiger partial charge in [0.1, 0.15) is 0 Å². The SMILES string of the molecule is COC(=O)c1cccc2nc(CCN(C)C)nn12. The van der Waals surface area contributed by atoms with E-state index in [1.807, 2.05) is 20.2 Å². The van der Waals surface area contributed by atoms with E-state index >= 15 is 0 Å². The minimum absolute atomic E-state index is 0.388. The second-order valence-electron chi connectivity index (χ2n) is 4.25. The lowest BCUT2D eigenvalue weighted by Gasteiger charge is -2.05. The van der Waals surface area contributed by atoms with Gasteiger partial charge in [0.2, 0.25) is 0 Å². The highest BCUT2D eigenvalue weighted by atomic mass is 16.5. The zero-order valence-electron chi connectivity index (χ0n) is 10.8. The average molecular weight is 248 g/mol. The van der Waals surface area contributed by atoms with Crippen LogP contribution in [-0.4, -0.2) is 53.2 Å². The van der Waals surface area contributed by atoms with Crippen LogP contribution in [0.3, 0.4) is 0 Å². The fourth-order valence-corrected chi connectivity index (χ4v) is 1.64. The molecule has 2 aromatic heterocycles. The molecule has 0 spiro atoms. The van der Waals surface area contributed by atoms with Gasteiger partial charge < -0.3 is 9.64 Å². The molecule has 6 heteroatoms. The van der Waals surface area contributed by atoms with Crippen LogP contribution in [0, 0.1) is 0 Å². The van der Waals surface area contributed by atoms with Gasteiger partial charge in [0, 0.05) is 13.0 Å². The Morgan fingerprint density at radius 3 is 2.89 bits per heavy atom. The molecule has 0 saturated carbocycles. The summed E-state index contributed by atoms with van der Waals surface area (Å²) in [7, 11) is 5.34. The lowest BCUT2D eigenvalue weighted by Crippen LogP contribution is -2.15. The molecular formula is C12H16N4O2. The van der Waals surface area contributed by atoms with Crippen LogP contribution in [0.25, 0.3) is 5.65 Å². The number of carbonyl (C=O) groups is 1. The molecule has 0 aliphatic carbocycles. The van der Waals surface area contributed by atoms with E-state index < -0.39 is 5.97 Å². The van der Waals surface area contributed by atoms with Crippen LogP contribution in [0.4, 0.5) is 0 Å². The Bertz CT molecular complexity index is 562. The Morgan fingerprint density at radius 2 is 2.22 bits per heavy atom. The second-order valence-corrected chi connectivity index (χ2v) is 4.25. The number of methoxy groups -OCH3 is 1. The van der Waals surface area contributed by atoms with E-state index in [-0.39, 0.29) is 0 Å². The molecule has 0 bridgehead atoms. The fraction of sp³-hybridized carbons (Fsp3) is 0.417. The van der Waals surface area contributed by atoms with Crippen LogP contribution in [0.2, 0.25) is 0 Å². The number of pyridine rings is 1. The summed E-state index contributed by atoms with van der Waals surface area (Å²) < 4.78 is 6.24. The maximum Gasteiger partial charge on any atom is 0.356 e. The normalized spacial score (nSPS) is 11.1. The number of hydrogen-bond acceptors (Lipinski definition) is 5. The smallest absolute Gasteiger partial charge is 0.356 e. The summed E-state index contributed by atoms with van der Waals surface area (Å²) in [6.45, 7) is 0.866. The van der Waals surface area contributed by atoms with Crippen molar-refractivity contribution in [2.75, 3.05) is 27.7 Å². The van der Waals surface area contributed by atoms with E-state index in [0.29, 0.717) is 11.3 Å². The van der Waals surface area contributed by atoms with Gasteiger partial charge in [-0.1, -0.05) is 6.07 Å². The third-order valence-corrected chi connectivity index (χ3v) is 2.58. The molecule has 0 fully saturated rings. The highest BCUT2D eigenvalue weighted by Crippen LogP contribution is 2.07. The Morgan fingerprint density at radius 1 is 1.44 bits per heavy atom. The first kappa shape index (κ1) is 12.5. The van der Waals surface area contributed by atoms with Crippen LogP contribution in [-0.2, 0) is 11.2 Å². The summed E-state index contributed by atoms with van der Waals surface area (Å²) in [6, 6.07) is 5.26. The number of esters is 1. The van der Waals surface area contributed by atoms with Crippen molar-refractivity contribution in [3.8, 4) is 0 Å². The van der Waals surface area contributed by atoms with E-state index in [1.165, 1.54) is 11.6 Å². The molecular weight excluding hydrogens is 232 g/mol. The van der Waals surface area contributed by atoms with Crippen LogP contribution in [0.5, 0.6) is 0 Å². The Balaban J connectivity index is 2.35. The molecule has 18 heavy (non-hydrogen) atoms. The monoisotopic (exact) mass is 248 g/mol. The van der Waals surface area contributed by atoms with Crippen molar-refractivity contribution in [1.29, 1.82) is 0 Å². The maximum absolute atomic E-state index is 11.6. The topological polar surface area (TPSA) is 59.7 Å². The Kier molecular flexibility index (Phi) is 3.57. The van der Waals surface area contributed by atoms with Gasteiger partial charge in [0.25, 0.3) is 0 Å². The first-order valence-corrected chi connectivity index (χ1v) is 5.69. The van der Waals surface area contributed by atoms with Crippen molar-refractivity contribution >= 4 is 11.6 Å². The van der Waals surface area contributed by atoms with Crippen LogP contribution >= 0.6 is 0 Å². The third-order valence-electron chi connectivity index (χ3n) is 2.58. The quantitative estimate of drug-likeness (QED) is 0.742. The van der Waals surface area contributed by atoms with Gasteiger partial charge in [-0.05, 0) is 26.2 Å². The summed E-state index contributed by atoms with van der Waals surface area (Å²) in [6.07, 6.45) is 0.745. The fourth-order valence-electron chi connectivity index (χ4n) is 1.64. The number of rotatable bonds is 4. The first-order valence-electron chi connectivity index (χ1n) is 5.69. The van der Waals surface area contributed by atoms with Gasteiger partial charge in [-0.15, -0.1) is 0 Å². The average Bonchev–Trinajstić information content (AvgIpc) is 2.77. The number of hydrogen-bond donors (Lipinski definition) is 0. The number of ether oxygens (including phenoxy) is 1. The van der Waals surface area contributed by atoms with Gasteiger partial charge in [-0.2, -0.15) is 5.10 Å². The van der Waals surface area contributed by atoms with Crippen LogP contribution < -0.4 is 0 Å². The number of likely N-dealkylation sites (N-methyl/N-ethyl adjacent to an activating group) is 1. The molecule has 0 atom stereocenters. The number of aromatic nitrogens is 3. The van der Waals surface area contributed by atoms with Crippen molar-refractivity contribution < 1.29 is 9.53 Å². The van der Waals surface area contributed by atoms with Crippen molar-refractivity contribution in [3.05, 3.63) is 29.7 Å². The Labute approximate surface area is 105 Å². The molecule has 0 radical (unpaired) electrons. The molecule has 0 aliphatic rings. The molecule has 2 rings (SSSR count). The summed E-state index contributed by atoms with van der Waals surface area (Å²) in [5, 5.41) is 4.33. The summed E-state index contributed by atoms with van der Waals surface area (Å²) in [4.78, 5) is 18.0. The maximum atomic E-state index is 11.6. The van der Waals surface area contributed by atoms with Crippen molar-refractivity contribution in [3.63, 3.8) is 0 Å². The number of nitrogens with zero attached hydrogens (tertiary/aromatic N) is 4. The van der Waals surface area contributed by atoms with Gasteiger partial charge in [-0.25, -0.2) is 14.3 Å². The minimum Gasteiger partial charge on any atom is -0.464 e. The van der Waals surface area contributed by atoms with E-state index in [0.717, 1.165) is 18.8 Å². The number of carbonyl (C=O) groups excluding carboxylic acids is 1. The lowest BCUT2D eigenvalue weighted by atomic mass is 10.3. The Hall–Kier alpha value is -1.95. The van der Waals surface area contributed by atoms with E-state index in [4.69, 9.17) is 4.74 Å². The minimum atomic E-state index is -0.412. The molecule has 2 aromatic rings. The van der Waals surface area contributed by atoms with Gasteiger partial charge >= 0.3 is 5.97 Å². The first-order chi connectivity index (χ1) is 8.61. The standard InChI is InChI=1S/C12H16N4O2/c1-15(2)8-7-10-13-11-6-4-5-9(12(17)18-3)16(11)14-10/h4-6H,7-8H2,1-3H3. The van der Waals surface area contributed by atoms with Crippen LogP contribution in [0.15, 0.2) is 18.2 Å². The molecule has 6 nitrogen and oxygen atoms in total. The molecule has 0 aromatic carbocycles. The predicted octanol–water partition coefficient (Wildman–Crippen LogP) is 0.620. The van der Waals surface area contributed by atoms with Crippen molar-refractivity contribution in [1.82, 2.24) is 19.5 Å². The molecule has 96 valence electrons. The largest absolute Gasteiger partial charge is 0.464 e. The van der Waals surface area contributed by atoms with E-state index in [1.54, 1.807) is 12.1 Å². The zero-order valence-corrected chi connectivity index (χ0v) is 10.8. The van der Waals surface area contributed by atoms with Crippen molar-refractivity contribution in [2.24, 2.45) is 0 Å². The molecule has 0 amide bonds. The van der Waals surface area contributed by atoms with Gasteiger partial charge in [0.15, 0.2) is 17.2 Å². The summed E-state index contributed by atoms with van der Waals surface area (Å²) in [5.41, 5.74) is 1.05. The highest BCUT2D eigenvalue weighted by molar-refractivity contribution is 5.88. The number of fused-ring (bicyclic) bond motifs is 1. The highest BCUT2D eigenvalue weighted by Gasteiger charge is 2.13. The molecule has 0 aliphatic heterocycles. The third kappa shape index (κ3) is 2.48. The van der Waals surface area contributed by atoms with Crippen molar-refractivity contribution in [2.45, 2.75) is 6.42 Å². The lowest BCUT2D eigenvalue weighted by molar-refractivity contribution is 0.0591. The predicted molar refractivity (Wildman–Crippen MR) is 66.6 cm³/mol. The van der Waals surface area contributed by atoms with Gasteiger partial charge in [0.05, 0.1) is 7.11 Å². The summed E-state index contributed by atoms with van der Waals surface area (Å²) in [5.74, 6) is 0.310.